The van der Waals surface area contributed by atoms with Crippen molar-refractivity contribution in [1.29, 1.82) is 0 Å². The first-order chi connectivity index (χ1) is 16.7. The van der Waals surface area contributed by atoms with Crippen LogP contribution in [0.15, 0.2) is 9.64 Å². The summed E-state index contributed by atoms with van der Waals surface area (Å²) in [6.45, 7) is 6.48. The third-order valence-corrected chi connectivity index (χ3v) is 7.20. The molecule has 2 N–H and O–H groups in total. The molecule has 11 nitrogen and oxygen atoms in total. The molecular weight excluding hydrogens is 472 g/mol. The van der Waals surface area contributed by atoms with E-state index in [0.717, 1.165) is 31.6 Å². The molecule has 12 heteroatoms. The Morgan fingerprint density at radius 1 is 1.11 bits per heavy atom. The number of nitrogens with one attached hydrogen (secondary N) is 2. The zero-order chi connectivity index (χ0) is 25.4. The number of urea groups is 1. The third-order valence-electron chi connectivity index (χ3n) is 6.40. The molecule has 1 aliphatic heterocycles. The highest BCUT2D eigenvalue weighted by Crippen LogP contribution is 2.29. The Labute approximate surface area is 211 Å². The molecule has 35 heavy (non-hydrogen) atoms. The Morgan fingerprint density at radius 2 is 1.80 bits per heavy atom. The van der Waals surface area contributed by atoms with Crippen LogP contribution in [0.3, 0.4) is 0 Å². The van der Waals surface area contributed by atoms with Gasteiger partial charge in [-0.05, 0) is 32.9 Å². The molecule has 1 saturated carbocycles. The summed E-state index contributed by atoms with van der Waals surface area (Å²) in [5.41, 5.74) is -1.05. The number of hydrogen-bond donors (Lipinski definition) is 2. The van der Waals surface area contributed by atoms with Crippen molar-refractivity contribution in [2.75, 3.05) is 52.7 Å². The summed E-state index contributed by atoms with van der Waals surface area (Å²) in [4.78, 5) is 43.5. The highest BCUT2D eigenvalue weighted by Gasteiger charge is 2.44. The van der Waals surface area contributed by atoms with E-state index in [2.05, 4.69) is 20.8 Å². The number of nitrogens with zero attached hydrogens (tertiary/aromatic N) is 4. The van der Waals surface area contributed by atoms with Gasteiger partial charge in [-0.25, -0.2) is 4.79 Å². The first-order valence-corrected chi connectivity index (χ1v) is 13.3. The minimum absolute atomic E-state index is 0.119. The fourth-order valence-electron chi connectivity index (χ4n) is 4.24. The molecule has 0 aromatic carbocycles. The molecule has 0 bridgehead atoms. The number of ether oxygens (including phenoxy) is 1. The predicted molar refractivity (Wildman–Crippen MR) is 131 cm³/mol. The molecule has 1 aromatic heterocycles. The minimum Gasteiger partial charge on any atom is -0.408 e. The molecule has 1 atom stereocenters. The van der Waals surface area contributed by atoms with E-state index < -0.39 is 17.4 Å². The molecule has 3 rings (SSSR count). The summed E-state index contributed by atoms with van der Waals surface area (Å²) in [5, 5.41) is 14.1. The second-order valence-corrected chi connectivity index (χ2v) is 10.8. The summed E-state index contributed by atoms with van der Waals surface area (Å²) < 4.78 is 10.9. The monoisotopic (exact) mass is 510 g/mol. The largest absolute Gasteiger partial charge is 0.408 e. The van der Waals surface area contributed by atoms with Crippen LogP contribution in [0.5, 0.6) is 0 Å². The summed E-state index contributed by atoms with van der Waals surface area (Å²) in [7, 11) is 3.95. The van der Waals surface area contributed by atoms with Crippen molar-refractivity contribution in [3.63, 3.8) is 0 Å². The van der Waals surface area contributed by atoms with Gasteiger partial charge in [-0.1, -0.05) is 44.9 Å². The first-order valence-electron chi connectivity index (χ1n) is 12.3. The van der Waals surface area contributed by atoms with Crippen LogP contribution in [0, 0.1) is 5.92 Å². The van der Waals surface area contributed by atoms with Gasteiger partial charge in [-0.3, -0.25) is 9.59 Å². The van der Waals surface area contributed by atoms with Gasteiger partial charge in [0.25, 0.3) is 11.1 Å². The Hall–Kier alpha value is -2.18. The summed E-state index contributed by atoms with van der Waals surface area (Å²) in [5.74, 6) is -0.347. The van der Waals surface area contributed by atoms with Crippen molar-refractivity contribution < 1.29 is 23.5 Å². The van der Waals surface area contributed by atoms with E-state index in [0.29, 0.717) is 44.4 Å². The molecule has 0 spiro atoms. The Balaban J connectivity index is 1.69. The molecular formula is C23H38N6O5S. The van der Waals surface area contributed by atoms with Crippen LogP contribution in [0.1, 0.15) is 56.6 Å². The second-order valence-electron chi connectivity index (χ2n) is 9.76. The van der Waals surface area contributed by atoms with Crippen molar-refractivity contribution in [3.05, 3.63) is 5.89 Å². The lowest BCUT2D eigenvalue weighted by atomic mass is 9.80. The average molecular weight is 511 g/mol. The van der Waals surface area contributed by atoms with Gasteiger partial charge in [-0.2, -0.15) is 0 Å². The Morgan fingerprint density at radius 3 is 2.43 bits per heavy atom. The van der Waals surface area contributed by atoms with Gasteiger partial charge in [-0.15, -0.1) is 10.2 Å². The number of ketones is 1. The number of rotatable bonds is 10. The van der Waals surface area contributed by atoms with Crippen molar-refractivity contribution in [1.82, 2.24) is 30.6 Å². The zero-order valence-corrected chi connectivity index (χ0v) is 22.0. The normalized spacial score (nSPS) is 19.0. The maximum Gasteiger partial charge on any atom is 0.318 e. The molecule has 2 aliphatic rings. The highest BCUT2D eigenvalue weighted by molar-refractivity contribution is 7.99. The van der Waals surface area contributed by atoms with Gasteiger partial charge >= 0.3 is 6.03 Å². The van der Waals surface area contributed by atoms with Crippen LogP contribution >= 0.6 is 11.8 Å². The van der Waals surface area contributed by atoms with Crippen molar-refractivity contribution in [2.24, 2.45) is 5.92 Å². The number of Topliss-reactive ketones (excluding diaryl/α,β-unsaturated/α-hetero) is 1. The summed E-state index contributed by atoms with van der Waals surface area (Å²) >= 11 is 1.38. The van der Waals surface area contributed by atoms with E-state index in [1.54, 1.807) is 4.90 Å². The molecule has 196 valence electrons. The van der Waals surface area contributed by atoms with E-state index in [1.165, 1.54) is 11.8 Å². The highest BCUT2D eigenvalue weighted by atomic mass is 32.2. The van der Waals surface area contributed by atoms with Gasteiger partial charge in [0.05, 0.1) is 19.3 Å². The zero-order valence-electron chi connectivity index (χ0n) is 21.2. The Kier molecular flexibility index (Phi) is 9.93. The number of carbonyl (C=O) groups excluding carboxylic acids is 3. The van der Waals surface area contributed by atoms with Crippen LogP contribution in [0.2, 0.25) is 0 Å². The molecule has 1 aliphatic carbocycles. The standard InChI is InChI=1S/C23H38N6O5S/c1-16(2)17(18(30)19-26-27-22(34-19)35-15-12-28(3)4)24-20(31)23(8-6-5-7-9-23)25-21(32)29-10-13-33-14-11-29/h16-17H,5-15H2,1-4H3,(H,24,31)(H,25,32)/t17-/m0/s1. The quantitative estimate of drug-likeness (QED) is 0.357. The molecule has 2 heterocycles. The van der Waals surface area contributed by atoms with E-state index in [1.807, 2.05) is 32.8 Å². The van der Waals surface area contributed by atoms with Crippen molar-refractivity contribution in [2.45, 2.75) is 62.8 Å². The SMILES string of the molecule is CC(C)[C@H](NC(=O)C1(NC(=O)N2CCOCC2)CCCCC1)C(=O)c1nnc(SCCN(C)C)o1. The second kappa shape index (κ2) is 12.7. The molecule has 0 unspecified atom stereocenters. The van der Waals surface area contributed by atoms with Crippen LogP contribution in [-0.4, -0.2) is 102 Å². The number of morpholine rings is 1. The van der Waals surface area contributed by atoms with Crippen LogP contribution in [0.25, 0.3) is 0 Å². The maximum atomic E-state index is 13.6. The van der Waals surface area contributed by atoms with E-state index in [9.17, 15) is 14.4 Å². The van der Waals surface area contributed by atoms with Crippen LogP contribution in [0.4, 0.5) is 4.79 Å². The fraction of sp³-hybridized carbons (Fsp3) is 0.783. The van der Waals surface area contributed by atoms with Gasteiger partial charge in [0.2, 0.25) is 11.7 Å². The van der Waals surface area contributed by atoms with Crippen LogP contribution < -0.4 is 10.6 Å². The van der Waals surface area contributed by atoms with Gasteiger partial charge in [0, 0.05) is 25.4 Å². The predicted octanol–water partition coefficient (Wildman–Crippen LogP) is 1.79. The number of hydrogen-bond acceptors (Lipinski definition) is 9. The Bertz CT molecular complexity index is 864. The molecule has 1 saturated heterocycles. The van der Waals surface area contributed by atoms with E-state index in [-0.39, 0.29) is 23.7 Å². The number of thioether (sulfide) groups is 1. The average Bonchev–Trinajstić information content (AvgIpc) is 3.31. The van der Waals surface area contributed by atoms with E-state index >= 15 is 0 Å². The smallest absolute Gasteiger partial charge is 0.318 e. The van der Waals surface area contributed by atoms with Gasteiger partial charge in [0.15, 0.2) is 0 Å². The molecule has 0 radical (unpaired) electrons. The lowest BCUT2D eigenvalue weighted by Crippen LogP contribution is -2.64. The third kappa shape index (κ3) is 7.40. The molecule has 2 fully saturated rings. The number of aromatic nitrogens is 2. The summed E-state index contributed by atoms with van der Waals surface area (Å²) in [6, 6.07) is -1.12. The topological polar surface area (TPSA) is 130 Å². The summed E-state index contributed by atoms with van der Waals surface area (Å²) in [6.07, 6.45) is 3.72. The lowest BCUT2D eigenvalue weighted by molar-refractivity contribution is -0.129. The maximum absolute atomic E-state index is 13.6. The number of carbonyl (C=O) groups is 3. The molecule has 1 aromatic rings. The molecule has 3 amide bonds. The fourth-order valence-corrected chi connectivity index (χ4v) is 5.11. The minimum atomic E-state index is -1.05. The van der Waals surface area contributed by atoms with Crippen LogP contribution in [-0.2, 0) is 9.53 Å². The van der Waals surface area contributed by atoms with Gasteiger partial charge in [0.1, 0.15) is 5.54 Å². The first kappa shape index (κ1) is 27.4. The number of amides is 3. The van der Waals surface area contributed by atoms with E-state index in [4.69, 9.17) is 9.15 Å². The van der Waals surface area contributed by atoms with Crippen molar-refractivity contribution in [3.8, 4) is 0 Å². The van der Waals surface area contributed by atoms with Crippen molar-refractivity contribution >= 4 is 29.5 Å². The lowest BCUT2D eigenvalue weighted by Gasteiger charge is -2.39. The van der Waals surface area contributed by atoms with Gasteiger partial charge < -0.3 is 29.6 Å².